The Bertz CT molecular complexity index is 185. The fourth-order valence-electron chi connectivity index (χ4n) is 1.10. The van der Waals surface area contributed by atoms with E-state index in [0.29, 0.717) is 17.4 Å². The predicted molar refractivity (Wildman–Crippen MR) is 34.5 cm³/mol. The molecular weight excluding hydrogens is 138 g/mol. The van der Waals surface area contributed by atoms with Gasteiger partial charge in [-0.15, -0.1) is 0 Å². The van der Waals surface area contributed by atoms with Crippen LogP contribution < -0.4 is 5.73 Å². The highest BCUT2D eigenvalue weighted by Gasteiger charge is 2.27. The second-order valence-electron chi connectivity index (χ2n) is 2.56. The molecule has 0 aliphatic carbocycles. The second kappa shape index (κ2) is 2.27. The molecule has 1 atom stereocenters. The zero-order valence-corrected chi connectivity index (χ0v) is 6.15. The van der Waals surface area contributed by atoms with Gasteiger partial charge in [-0.2, -0.15) is 0 Å². The first-order valence-electron chi connectivity index (χ1n) is 3.14. The third kappa shape index (κ3) is 1.66. The van der Waals surface area contributed by atoms with Crippen LogP contribution in [0.5, 0.6) is 0 Å². The monoisotopic (exact) mass is 150 g/mol. The van der Waals surface area contributed by atoms with E-state index >= 15 is 0 Å². The van der Waals surface area contributed by atoms with Crippen LogP contribution >= 0.6 is 0 Å². The fourth-order valence-corrected chi connectivity index (χ4v) is 3.01. The van der Waals surface area contributed by atoms with Gasteiger partial charge in [0.25, 0.3) is 0 Å². The van der Waals surface area contributed by atoms with Gasteiger partial charge in [0.2, 0.25) is 0 Å². The van der Waals surface area contributed by atoms with Gasteiger partial charge in [0.15, 0.2) is 9.84 Å². The SMILES string of the molecule is [NH3+]C[C@@H]1CCS(=O)(=O)C1. The van der Waals surface area contributed by atoms with Crippen LogP contribution in [0.15, 0.2) is 0 Å². The molecule has 0 aromatic rings. The van der Waals surface area contributed by atoms with Crippen molar-refractivity contribution < 1.29 is 14.2 Å². The van der Waals surface area contributed by atoms with E-state index < -0.39 is 9.84 Å². The van der Waals surface area contributed by atoms with Crippen LogP contribution in [0.1, 0.15) is 6.42 Å². The Morgan fingerprint density at radius 3 is 2.44 bits per heavy atom. The minimum atomic E-state index is -2.65. The van der Waals surface area contributed by atoms with Crippen molar-refractivity contribution in [2.75, 3.05) is 18.1 Å². The smallest absolute Gasteiger partial charge is 0.150 e. The Morgan fingerprint density at radius 1 is 1.56 bits per heavy atom. The quantitative estimate of drug-likeness (QED) is 0.503. The molecule has 9 heavy (non-hydrogen) atoms. The minimum Gasteiger partial charge on any atom is -0.357 e. The van der Waals surface area contributed by atoms with Crippen LogP contribution in [0, 0.1) is 5.92 Å². The van der Waals surface area contributed by atoms with Gasteiger partial charge in [-0.25, -0.2) is 8.42 Å². The van der Waals surface area contributed by atoms with Gasteiger partial charge in [0.05, 0.1) is 18.1 Å². The summed E-state index contributed by atoms with van der Waals surface area (Å²) in [7, 11) is -2.65. The van der Waals surface area contributed by atoms with Crippen LogP contribution in [0.25, 0.3) is 0 Å². The topological polar surface area (TPSA) is 61.8 Å². The van der Waals surface area contributed by atoms with Gasteiger partial charge >= 0.3 is 0 Å². The molecule has 0 aromatic carbocycles. The summed E-state index contributed by atoms with van der Waals surface area (Å²) in [5.74, 6) is 1.10. The summed E-state index contributed by atoms with van der Waals surface area (Å²) in [4.78, 5) is 0. The van der Waals surface area contributed by atoms with Gasteiger partial charge in [-0.3, -0.25) is 0 Å². The Hall–Kier alpha value is -0.0900. The Morgan fingerprint density at radius 2 is 2.22 bits per heavy atom. The number of hydrogen-bond donors (Lipinski definition) is 1. The van der Waals surface area contributed by atoms with Gasteiger partial charge < -0.3 is 5.73 Å². The first-order valence-corrected chi connectivity index (χ1v) is 4.96. The van der Waals surface area contributed by atoms with Crippen LogP contribution in [0.3, 0.4) is 0 Å². The highest BCUT2D eigenvalue weighted by molar-refractivity contribution is 7.91. The molecule has 3 nitrogen and oxygen atoms in total. The van der Waals surface area contributed by atoms with Crippen LogP contribution in [-0.4, -0.2) is 26.5 Å². The molecule has 1 rings (SSSR count). The lowest BCUT2D eigenvalue weighted by Gasteiger charge is -1.95. The molecule has 0 radical (unpaired) electrons. The molecule has 1 heterocycles. The highest BCUT2D eigenvalue weighted by Crippen LogP contribution is 2.15. The average molecular weight is 150 g/mol. The molecule has 0 spiro atoms. The maximum Gasteiger partial charge on any atom is 0.150 e. The van der Waals surface area contributed by atoms with Crippen molar-refractivity contribution in [3.05, 3.63) is 0 Å². The third-order valence-corrected chi connectivity index (χ3v) is 3.57. The maximum absolute atomic E-state index is 10.8. The second-order valence-corrected chi connectivity index (χ2v) is 4.79. The molecule has 0 aromatic heterocycles. The Labute approximate surface area is 55.2 Å². The summed E-state index contributed by atoms with van der Waals surface area (Å²) in [5, 5.41) is 0. The molecular formula is C5H12NO2S+. The minimum absolute atomic E-state index is 0.343. The lowest BCUT2D eigenvalue weighted by Crippen LogP contribution is -2.53. The molecule has 1 aliphatic rings. The van der Waals surface area contributed by atoms with Gasteiger partial charge in [-0.1, -0.05) is 0 Å². The van der Waals surface area contributed by atoms with Crippen molar-refractivity contribution in [3.63, 3.8) is 0 Å². The molecule has 1 saturated heterocycles. The summed E-state index contributed by atoms with van der Waals surface area (Å²) in [5.41, 5.74) is 3.67. The summed E-state index contributed by atoms with van der Waals surface area (Å²) < 4.78 is 21.5. The maximum atomic E-state index is 10.8. The Kier molecular flexibility index (Phi) is 1.77. The van der Waals surface area contributed by atoms with E-state index in [0.717, 1.165) is 13.0 Å². The van der Waals surface area contributed by atoms with Crippen LogP contribution in [0.4, 0.5) is 0 Å². The van der Waals surface area contributed by atoms with Crippen molar-refractivity contribution in [1.82, 2.24) is 0 Å². The van der Waals surface area contributed by atoms with Gasteiger partial charge in [0, 0.05) is 5.92 Å². The molecule has 0 bridgehead atoms. The number of hydrogen-bond acceptors (Lipinski definition) is 2. The van der Waals surface area contributed by atoms with Crippen molar-refractivity contribution in [1.29, 1.82) is 0 Å². The van der Waals surface area contributed by atoms with Crippen molar-refractivity contribution >= 4 is 9.84 Å². The summed E-state index contributed by atoms with van der Waals surface area (Å²) >= 11 is 0. The van der Waals surface area contributed by atoms with E-state index in [-0.39, 0.29) is 0 Å². The third-order valence-electron chi connectivity index (χ3n) is 1.73. The number of rotatable bonds is 1. The number of quaternary nitrogens is 1. The van der Waals surface area contributed by atoms with E-state index in [1.165, 1.54) is 0 Å². The zero-order valence-electron chi connectivity index (χ0n) is 5.34. The Balaban J connectivity index is 2.58. The molecule has 0 saturated carbocycles. The van der Waals surface area contributed by atoms with Crippen molar-refractivity contribution in [2.45, 2.75) is 6.42 Å². The standard InChI is InChI=1S/C5H11NO2S/c6-3-5-1-2-9(7,8)4-5/h5H,1-4,6H2/p+1/t5-/m0/s1. The van der Waals surface area contributed by atoms with E-state index in [1.54, 1.807) is 0 Å². The summed E-state index contributed by atoms with van der Waals surface area (Å²) in [6, 6.07) is 0. The molecule has 0 amide bonds. The van der Waals surface area contributed by atoms with Crippen molar-refractivity contribution in [3.8, 4) is 0 Å². The first kappa shape index (κ1) is 7.02. The first-order chi connectivity index (χ1) is 4.14. The highest BCUT2D eigenvalue weighted by atomic mass is 32.2. The lowest BCUT2D eigenvalue weighted by atomic mass is 10.1. The fraction of sp³-hybridized carbons (Fsp3) is 1.00. The molecule has 54 valence electrons. The van der Waals surface area contributed by atoms with Crippen LogP contribution in [-0.2, 0) is 9.84 Å². The summed E-state index contributed by atoms with van der Waals surface area (Å²) in [6.07, 6.45) is 0.825. The zero-order chi connectivity index (χ0) is 6.91. The van der Waals surface area contributed by atoms with E-state index in [2.05, 4.69) is 5.73 Å². The van der Waals surface area contributed by atoms with Gasteiger partial charge in [-0.05, 0) is 6.42 Å². The van der Waals surface area contributed by atoms with Crippen LogP contribution in [0.2, 0.25) is 0 Å². The lowest BCUT2D eigenvalue weighted by molar-refractivity contribution is -0.377. The normalized spacial score (nSPS) is 32.8. The molecule has 1 aliphatic heterocycles. The van der Waals surface area contributed by atoms with E-state index in [1.807, 2.05) is 0 Å². The van der Waals surface area contributed by atoms with Crippen molar-refractivity contribution in [2.24, 2.45) is 5.92 Å². The largest absolute Gasteiger partial charge is 0.357 e. The number of sulfone groups is 1. The van der Waals surface area contributed by atoms with E-state index in [9.17, 15) is 8.42 Å². The molecule has 1 fully saturated rings. The average Bonchev–Trinajstić information content (AvgIpc) is 2.10. The van der Waals surface area contributed by atoms with E-state index in [4.69, 9.17) is 0 Å². The molecule has 4 heteroatoms. The van der Waals surface area contributed by atoms with Gasteiger partial charge in [0.1, 0.15) is 0 Å². The molecule has 0 unspecified atom stereocenters. The summed E-state index contributed by atoms with van der Waals surface area (Å²) in [6.45, 7) is 0.763. The predicted octanol–water partition coefficient (Wildman–Crippen LogP) is -1.34. The molecule has 3 N–H and O–H groups in total.